The van der Waals surface area contributed by atoms with E-state index in [9.17, 15) is 9.90 Å². The fraction of sp³-hybridized carbons (Fsp3) is 0.600. The van der Waals surface area contributed by atoms with Crippen LogP contribution >= 0.6 is 0 Å². The number of anilines is 1. The van der Waals surface area contributed by atoms with Crippen LogP contribution in [0.25, 0.3) is 0 Å². The lowest BCUT2D eigenvalue weighted by Crippen LogP contribution is -2.30. The van der Waals surface area contributed by atoms with Crippen LogP contribution in [0.4, 0.5) is 10.5 Å². The van der Waals surface area contributed by atoms with E-state index in [0.717, 1.165) is 36.1 Å². The first-order valence-corrected chi connectivity index (χ1v) is 7.09. The quantitative estimate of drug-likeness (QED) is 0.860. The number of carbonyl (C=O) groups is 1. The average molecular weight is 278 g/mol. The number of unbranched alkanes of at least 4 members (excludes halogenated alkanes) is 1. The monoisotopic (exact) mass is 278 g/mol. The number of aromatic nitrogens is 1. The average Bonchev–Trinajstić information content (AvgIpc) is 2.81. The van der Waals surface area contributed by atoms with E-state index in [4.69, 9.17) is 4.74 Å². The number of hydrogen-bond acceptors (Lipinski definition) is 4. The number of fused-ring (bicyclic) bond motifs is 1. The molecule has 5 nitrogen and oxygen atoms in total. The molecule has 1 amide bonds. The lowest BCUT2D eigenvalue weighted by molar-refractivity contribution is 0.0774. The fourth-order valence-corrected chi connectivity index (χ4v) is 2.41. The van der Waals surface area contributed by atoms with E-state index in [2.05, 4.69) is 11.9 Å². The number of rotatable bonds is 4. The van der Waals surface area contributed by atoms with Crippen molar-refractivity contribution >= 4 is 11.8 Å². The van der Waals surface area contributed by atoms with Gasteiger partial charge in [0.15, 0.2) is 0 Å². The zero-order valence-corrected chi connectivity index (χ0v) is 12.3. The number of aliphatic hydroxyl groups is 1. The number of nitrogens with zero attached hydrogens (tertiary/aromatic N) is 2. The molecule has 2 heterocycles. The van der Waals surface area contributed by atoms with Crippen LogP contribution in [0.1, 0.15) is 44.7 Å². The second-order valence-corrected chi connectivity index (χ2v) is 5.61. The predicted octanol–water partition coefficient (Wildman–Crippen LogP) is 2.61. The fourth-order valence-electron chi connectivity index (χ4n) is 2.41. The molecule has 1 aromatic heterocycles. The van der Waals surface area contributed by atoms with Gasteiger partial charge in [0.05, 0.1) is 24.1 Å². The van der Waals surface area contributed by atoms with E-state index in [1.54, 1.807) is 31.1 Å². The third-order valence-corrected chi connectivity index (χ3v) is 3.51. The minimum atomic E-state index is -0.958. The third-order valence-electron chi connectivity index (χ3n) is 3.51. The molecule has 0 atom stereocenters. The SMILES string of the molecule is CCCCOC(=O)N1CCc2c1cncc2C(C)(C)O. The Balaban J connectivity index is 2.19. The van der Waals surface area contributed by atoms with Crippen LogP contribution in [0, 0.1) is 0 Å². The first-order chi connectivity index (χ1) is 9.45. The van der Waals surface area contributed by atoms with Gasteiger partial charge in [-0.25, -0.2) is 4.79 Å². The second kappa shape index (κ2) is 5.79. The van der Waals surface area contributed by atoms with Crippen LogP contribution in [0.2, 0.25) is 0 Å². The number of pyridine rings is 1. The Morgan fingerprint density at radius 3 is 2.90 bits per heavy atom. The Labute approximate surface area is 119 Å². The lowest BCUT2D eigenvalue weighted by atomic mass is 9.94. The zero-order chi connectivity index (χ0) is 14.8. The summed E-state index contributed by atoms with van der Waals surface area (Å²) in [7, 11) is 0. The smallest absolute Gasteiger partial charge is 0.414 e. The molecular weight excluding hydrogens is 256 g/mol. The van der Waals surface area contributed by atoms with Crippen LogP contribution in [-0.4, -0.2) is 29.3 Å². The first kappa shape index (κ1) is 14.8. The Kier molecular flexibility index (Phi) is 4.28. The highest BCUT2D eigenvalue weighted by Crippen LogP contribution is 2.35. The van der Waals surface area contributed by atoms with Crippen molar-refractivity contribution in [2.45, 2.75) is 45.6 Å². The van der Waals surface area contributed by atoms with E-state index in [0.29, 0.717) is 13.2 Å². The Bertz CT molecular complexity index is 494. The van der Waals surface area contributed by atoms with Gasteiger partial charge >= 0.3 is 6.09 Å². The first-order valence-electron chi connectivity index (χ1n) is 7.09. The zero-order valence-electron chi connectivity index (χ0n) is 12.3. The van der Waals surface area contributed by atoms with Crippen molar-refractivity contribution in [2.24, 2.45) is 0 Å². The standard InChI is InChI=1S/C15H22N2O3/c1-4-5-8-20-14(18)17-7-6-11-12(15(2,3)19)9-16-10-13(11)17/h9-10,19H,4-8H2,1-3H3. The van der Waals surface area contributed by atoms with Crippen LogP contribution in [-0.2, 0) is 16.8 Å². The summed E-state index contributed by atoms with van der Waals surface area (Å²) in [5.74, 6) is 0. The van der Waals surface area contributed by atoms with Crippen molar-refractivity contribution in [1.29, 1.82) is 0 Å². The van der Waals surface area contributed by atoms with Crippen LogP contribution in [0.15, 0.2) is 12.4 Å². The molecule has 0 saturated heterocycles. The van der Waals surface area contributed by atoms with Gasteiger partial charge in [-0.15, -0.1) is 0 Å². The van der Waals surface area contributed by atoms with E-state index < -0.39 is 5.60 Å². The summed E-state index contributed by atoms with van der Waals surface area (Å²) in [5.41, 5.74) is 1.56. The lowest BCUT2D eigenvalue weighted by Gasteiger charge is -2.21. The normalized spacial score (nSPS) is 14.3. The molecule has 0 fully saturated rings. The highest BCUT2D eigenvalue weighted by atomic mass is 16.6. The molecule has 5 heteroatoms. The van der Waals surface area contributed by atoms with Gasteiger partial charge in [-0.1, -0.05) is 13.3 Å². The molecule has 0 bridgehead atoms. The highest BCUT2D eigenvalue weighted by molar-refractivity contribution is 5.90. The van der Waals surface area contributed by atoms with Gasteiger partial charge in [-0.3, -0.25) is 9.88 Å². The molecule has 1 N–H and O–H groups in total. The maximum atomic E-state index is 12.1. The minimum absolute atomic E-state index is 0.327. The molecule has 0 radical (unpaired) electrons. The van der Waals surface area contributed by atoms with Crippen molar-refractivity contribution < 1.29 is 14.6 Å². The molecule has 1 aliphatic rings. The summed E-state index contributed by atoms with van der Waals surface area (Å²) < 4.78 is 5.25. The van der Waals surface area contributed by atoms with E-state index in [1.165, 1.54) is 0 Å². The van der Waals surface area contributed by atoms with Gasteiger partial charge in [0, 0.05) is 18.3 Å². The summed E-state index contributed by atoms with van der Waals surface area (Å²) in [6, 6.07) is 0. The molecule has 2 rings (SSSR count). The maximum Gasteiger partial charge on any atom is 0.414 e. The molecule has 0 unspecified atom stereocenters. The minimum Gasteiger partial charge on any atom is -0.449 e. The summed E-state index contributed by atoms with van der Waals surface area (Å²) in [6.07, 6.45) is 5.60. The summed E-state index contributed by atoms with van der Waals surface area (Å²) in [4.78, 5) is 17.8. The number of amides is 1. The molecule has 0 saturated carbocycles. The van der Waals surface area contributed by atoms with Crippen molar-refractivity contribution in [3.05, 3.63) is 23.5 Å². The molecule has 1 aromatic rings. The molecule has 20 heavy (non-hydrogen) atoms. The van der Waals surface area contributed by atoms with Gasteiger partial charge in [-0.05, 0) is 32.3 Å². The van der Waals surface area contributed by atoms with Gasteiger partial charge in [0.25, 0.3) is 0 Å². The van der Waals surface area contributed by atoms with Crippen molar-refractivity contribution in [1.82, 2.24) is 4.98 Å². The van der Waals surface area contributed by atoms with Gasteiger partial charge in [0.1, 0.15) is 0 Å². The van der Waals surface area contributed by atoms with Crippen LogP contribution in [0.5, 0.6) is 0 Å². The maximum absolute atomic E-state index is 12.1. The molecule has 110 valence electrons. The van der Waals surface area contributed by atoms with E-state index in [-0.39, 0.29) is 6.09 Å². The Morgan fingerprint density at radius 2 is 2.25 bits per heavy atom. The second-order valence-electron chi connectivity index (χ2n) is 5.61. The summed E-state index contributed by atoms with van der Waals surface area (Å²) in [5, 5.41) is 10.2. The van der Waals surface area contributed by atoms with Crippen molar-refractivity contribution in [2.75, 3.05) is 18.1 Å². The van der Waals surface area contributed by atoms with Gasteiger partial charge in [0.2, 0.25) is 0 Å². The van der Waals surface area contributed by atoms with Crippen molar-refractivity contribution in [3.8, 4) is 0 Å². The number of hydrogen-bond donors (Lipinski definition) is 1. The van der Waals surface area contributed by atoms with Gasteiger partial charge in [-0.2, -0.15) is 0 Å². The Hall–Kier alpha value is -1.62. The highest BCUT2D eigenvalue weighted by Gasteiger charge is 2.31. The van der Waals surface area contributed by atoms with E-state index >= 15 is 0 Å². The molecule has 0 aliphatic carbocycles. The predicted molar refractivity (Wildman–Crippen MR) is 76.8 cm³/mol. The third kappa shape index (κ3) is 2.93. The van der Waals surface area contributed by atoms with E-state index in [1.807, 2.05) is 0 Å². The van der Waals surface area contributed by atoms with Crippen molar-refractivity contribution in [3.63, 3.8) is 0 Å². The Morgan fingerprint density at radius 1 is 1.50 bits per heavy atom. The largest absolute Gasteiger partial charge is 0.449 e. The molecule has 1 aliphatic heterocycles. The number of ether oxygens (including phenoxy) is 1. The topological polar surface area (TPSA) is 62.7 Å². The number of carbonyl (C=O) groups excluding carboxylic acids is 1. The molecule has 0 spiro atoms. The van der Waals surface area contributed by atoms with Gasteiger partial charge < -0.3 is 9.84 Å². The van der Waals surface area contributed by atoms with Crippen LogP contribution < -0.4 is 4.90 Å². The summed E-state index contributed by atoms with van der Waals surface area (Å²) >= 11 is 0. The molecule has 0 aromatic carbocycles. The molecular formula is C15H22N2O3. The van der Waals surface area contributed by atoms with Crippen LogP contribution in [0.3, 0.4) is 0 Å². The summed E-state index contributed by atoms with van der Waals surface area (Å²) in [6.45, 7) is 6.53.